The zero-order valence-electron chi connectivity index (χ0n) is 19.2. The van der Waals surface area contributed by atoms with Crippen molar-refractivity contribution in [1.29, 1.82) is 0 Å². The van der Waals surface area contributed by atoms with E-state index in [9.17, 15) is 9.59 Å². The number of thioether (sulfide) groups is 1. The van der Waals surface area contributed by atoms with E-state index in [-0.39, 0.29) is 11.7 Å². The zero-order chi connectivity index (χ0) is 24.6. The Morgan fingerprint density at radius 3 is 2.40 bits per heavy atom. The van der Waals surface area contributed by atoms with Gasteiger partial charge in [0.25, 0.3) is 5.91 Å². The maximum atomic E-state index is 12.2. The molecule has 35 heavy (non-hydrogen) atoms. The fourth-order valence-electron chi connectivity index (χ4n) is 3.13. The summed E-state index contributed by atoms with van der Waals surface area (Å²) in [6.07, 6.45) is 1.52. The van der Waals surface area contributed by atoms with E-state index in [1.54, 1.807) is 36.4 Å². The normalized spacial score (nSPS) is 10.9. The van der Waals surface area contributed by atoms with Crippen molar-refractivity contribution in [3.63, 3.8) is 0 Å². The van der Waals surface area contributed by atoms with Crippen LogP contribution in [0, 0.1) is 13.8 Å². The summed E-state index contributed by atoms with van der Waals surface area (Å²) in [7, 11) is 0. The molecule has 0 spiro atoms. The number of rotatable bonds is 8. The van der Waals surface area contributed by atoms with Crippen LogP contribution in [0.4, 0.5) is 0 Å². The monoisotopic (exact) mass is 485 g/mol. The molecule has 4 aromatic rings. The van der Waals surface area contributed by atoms with Crippen molar-refractivity contribution < 1.29 is 14.3 Å². The van der Waals surface area contributed by atoms with Gasteiger partial charge >= 0.3 is 5.97 Å². The quantitative estimate of drug-likeness (QED) is 0.131. The fraction of sp³-hybridized carbons (Fsp3) is 0.115. The van der Waals surface area contributed by atoms with Crippen LogP contribution in [0.1, 0.15) is 27.3 Å². The minimum Gasteiger partial charge on any atom is -0.423 e. The van der Waals surface area contributed by atoms with Gasteiger partial charge in [-0.05, 0) is 67.9 Å². The molecule has 0 fully saturated rings. The third kappa shape index (κ3) is 6.42. The van der Waals surface area contributed by atoms with Crippen LogP contribution in [-0.2, 0) is 4.79 Å². The molecule has 0 unspecified atom stereocenters. The van der Waals surface area contributed by atoms with Crippen molar-refractivity contribution in [1.82, 2.24) is 20.2 Å². The summed E-state index contributed by atoms with van der Waals surface area (Å²) in [6.45, 7) is 3.82. The van der Waals surface area contributed by atoms with Crippen LogP contribution < -0.4 is 10.2 Å². The number of carbonyl (C=O) groups excluding carboxylic acids is 2. The lowest BCUT2D eigenvalue weighted by Crippen LogP contribution is -2.20. The Kier molecular flexibility index (Phi) is 7.69. The van der Waals surface area contributed by atoms with E-state index >= 15 is 0 Å². The Morgan fingerprint density at radius 2 is 1.69 bits per heavy atom. The first-order valence-corrected chi connectivity index (χ1v) is 11.8. The molecular formula is C26H23N5O3S. The van der Waals surface area contributed by atoms with Crippen molar-refractivity contribution >= 4 is 29.9 Å². The topological polar surface area (TPSA) is 98.5 Å². The summed E-state index contributed by atoms with van der Waals surface area (Å²) in [5.74, 6) is 0.608. The highest BCUT2D eigenvalue weighted by molar-refractivity contribution is 7.99. The molecule has 0 atom stereocenters. The van der Waals surface area contributed by atoms with Gasteiger partial charge in [-0.3, -0.25) is 9.36 Å². The number of nitrogens with zero attached hydrogens (tertiary/aromatic N) is 4. The minimum atomic E-state index is -0.422. The molecule has 0 aliphatic rings. The molecule has 0 aliphatic heterocycles. The van der Waals surface area contributed by atoms with Crippen LogP contribution in [-0.4, -0.2) is 38.6 Å². The van der Waals surface area contributed by atoms with Gasteiger partial charge in [-0.2, -0.15) is 5.10 Å². The van der Waals surface area contributed by atoms with Crippen LogP contribution in [0.25, 0.3) is 5.69 Å². The van der Waals surface area contributed by atoms with Crippen molar-refractivity contribution in [2.24, 2.45) is 5.10 Å². The number of esters is 1. The van der Waals surface area contributed by atoms with Crippen LogP contribution in [0.3, 0.4) is 0 Å². The van der Waals surface area contributed by atoms with Gasteiger partial charge in [0.05, 0.1) is 17.5 Å². The number of amides is 1. The number of ether oxygens (including phenoxy) is 1. The molecule has 0 aliphatic carbocycles. The van der Waals surface area contributed by atoms with Gasteiger partial charge in [0, 0.05) is 5.69 Å². The SMILES string of the molecule is Cc1ccc(C(=O)Oc2ccc(C=NNC(=O)CSc3nnc(C)n3-c3ccccc3)cc2)cc1. The van der Waals surface area contributed by atoms with Crippen molar-refractivity contribution in [2.45, 2.75) is 19.0 Å². The van der Waals surface area contributed by atoms with Crippen LogP contribution in [0.15, 0.2) is 89.1 Å². The Bertz CT molecular complexity index is 1330. The molecule has 0 saturated heterocycles. The fourth-order valence-corrected chi connectivity index (χ4v) is 3.92. The summed E-state index contributed by atoms with van der Waals surface area (Å²) in [4.78, 5) is 24.4. The van der Waals surface area contributed by atoms with E-state index < -0.39 is 5.97 Å². The molecular weight excluding hydrogens is 462 g/mol. The third-order valence-corrected chi connectivity index (χ3v) is 5.85. The number of benzene rings is 3. The Labute approximate surface area is 207 Å². The maximum absolute atomic E-state index is 12.2. The predicted molar refractivity (Wildman–Crippen MR) is 135 cm³/mol. The Balaban J connectivity index is 1.27. The van der Waals surface area contributed by atoms with Crippen LogP contribution >= 0.6 is 11.8 Å². The molecule has 4 rings (SSSR count). The smallest absolute Gasteiger partial charge is 0.343 e. The van der Waals surface area contributed by atoms with E-state index in [1.807, 2.05) is 60.9 Å². The summed E-state index contributed by atoms with van der Waals surface area (Å²) < 4.78 is 7.28. The lowest BCUT2D eigenvalue weighted by Gasteiger charge is -2.07. The molecule has 1 aromatic heterocycles. The number of hydrogen-bond donors (Lipinski definition) is 1. The van der Waals surface area contributed by atoms with E-state index in [2.05, 4.69) is 20.7 Å². The average molecular weight is 486 g/mol. The average Bonchev–Trinajstić information content (AvgIpc) is 3.25. The second-order valence-corrected chi connectivity index (χ2v) is 8.55. The zero-order valence-corrected chi connectivity index (χ0v) is 20.0. The molecule has 1 heterocycles. The van der Waals surface area contributed by atoms with Gasteiger partial charge in [-0.25, -0.2) is 10.2 Å². The lowest BCUT2D eigenvalue weighted by atomic mass is 10.1. The van der Waals surface area contributed by atoms with Crippen LogP contribution in [0.2, 0.25) is 0 Å². The van der Waals surface area contributed by atoms with Gasteiger partial charge in [-0.1, -0.05) is 47.7 Å². The predicted octanol–water partition coefficient (Wildman–Crippen LogP) is 4.35. The highest BCUT2D eigenvalue weighted by Crippen LogP contribution is 2.21. The number of para-hydroxylation sites is 1. The number of aromatic nitrogens is 3. The van der Waals surface area contributed by atoms with Crippen molar-refractivity contribution in [3.05, 3.63) is 101 Å². The number of hydrazone groups is 1. The van der Waals surface area contributed by atoms with Gasteiger partial charge in [0.15, 0.2) is 5.16 Å². The second-order valence-electron chi connectivity index (χ2n) is 7.61. The summed E-state index contributed by atoms with van der Waals surface area (Å²) in [5.41, 5.74) is 5.74. The van der Waals surface area contributed by atoms with E-state index in [0.717, 1.165) is 22.6 Å². The number of aryl methyl sites for hydroxylation is 2. The van der Waals surface area contributed by atoms with Gasteiger partial charge in [0.2, 0.25) is 0 Å². The summed E-state index contributed by atoms with van der Waals surface area (Å²) in [5, 5.41) is 12.9. The summed E-state index contributed by atoms with van der Waals surface area (Å²) >= 11 is 1.28. The van der Waals surface area contributed by atoms with E-state index in [4.69, 9.17) is 4.74 Å². The number of nitrogens with one attached hydrogen (secondary N) is 1. The second kappa shape index (κ2) is 11.3. The van der Waals surface area contributed by atoms with Crippen molar-refractivity contribution in [2.75, 3.05) is 5.75 Å². The first-order chi connectivity index (χ1) is 17.0. The maximum Gasteiger partial charge on any atom is 0.343 e. The highest BCUT2D eigenvalue weighted by Gasteiger charge is 2.13. The van der Waals surface area contributed by atoms with Gasteiger partial charge < -0.3 is 4.74 Å². The molecule has 0 bridgehead atoms. The number of hydrogen-bond acceptors (Lipinski definition) is 7. The molecule has 1 N–H and O–H groups in total. The Morgan fingerprint density at radius 1 is 0.971 bits per heavy atom. The Hall–Kier alpha value is -4.24. The number of carbonyl (C=O) groups is 2. The third-order valence-electron chi connectivity index (χ3n) is 4.92. The van der Waals surface area contributed by atoms with Crippen molar-refractivity contribution in [3.8, 4) is 11.4 Å². The molecule has 1 amide bonds. The molecule has 8 nitrogen and oxygen atoms in total. The highest BCUT2D eigenvalue weighted by atomic mass is 32.2. The molecule has 176 valence electrons. The van der Waals surface area contributed by atoms with Gasteiger partial charge in [-0.15, -0.1) is 10.2 Å². The first kappa shape index (κ1) is 23.9. The standard InChI is InChI=1S/C26H23N5O3S/c1-18-8-12-21(13-9-18)25(33)34-23-14-10-20(11-15-23)16-27-29-24(32)17-35-26-30-28-19(2)31(26)22-6-4-3-5-7-22/h3-16H,17H2,1-2H3,(H,29,32). The summed E-state index contributed by atoms with van der Waals surface area (Å²) in [6, 6.07) is 23.7. The van der Waals surface area contributed by atoms with E-state index in [1.165, 1.54) is 18.0 Å². The molecule has 0 radical (unpaired) electrons. The lowest BCUT2D eigenvalue weighted by molar-refractivity contribution is -0.118. The minimum absolute atomic E-state index is 0.135. The van der Waals surface area contributed by atoms with Gasteiger partial charge in [0.1, 0.15) is 11.6 Å². The molecule has 0 saturated carbocycles. The molecule has 3 aromatic carbocycles. The largest absolute Gasteiger partial charge is 0.423 e. The van der Waals surface area contributed by atoms with E-state index in [0.29, 0.717) is 16.5 Å². The van der Waals surface area contributed by atoms with Crippen LogP contribution in [0.5, 0.6) is 5.75 Å². The molecule has 9 heteroatoms. The first-order valence-electron chi connectivity index (χ1n) is 10.8.